The van der Waals surface area contributed by atoms with Crippen LogP contribution in [0.2, 0.25) is 5.02 Å². The maximum Gasteiger partial charge on any atom is 0.305 e. The minimum Gasteiger partial charge on any atom is -0.481 e. The molecular weight excluding hydrogens is 349 g/mol. The van der Waals surface area contributed by atoms with Crippen LogP contribution in [0.25, 0.3) is 0 Å². The smallest absolute Gasteiger partial charge is 0.305 e. The van der Waals surface area contributed by atoms with Gasteiger partial charge in [-0.05, 0) is 29.7 Å². The van der Waals surface area contributed by atoms with Crippen LogP contribution in [0.4, 0.5) is 4.39 Å². The summed E-state index contributed by atoms with van der Waals surface area (Å²) in [6.45, 7) is 3.95. The molecule has 0 bridgehead atoms. The fourth-order valence-corrected chi connectivity index (χ4v) is 2.64. The number of rotatable bonds is 6. The van der Waals surface area contributed by atoms with Gasteiger partial charge in [0.1, 0.15) is 11.5 Å². The van der Waals surface area contributed by atoms with E-state index in [0.717, 1.165) is 11.8 Å². The van der Waals surface area contributed by atoms with E-state index in [9.17, 15) is 14.0 Å². The number of hydrogen-bond acceptors (Lipinski definition) is 3. The van der Waals surface area contributed by atoms with Gasteiger partial charge in [0.05, 0.1) is 17.5 Å². The zero-order chi connectivity index (χ0) is 18.7. The van der Waals surface area contributed by atoms with Gasteiger partial charge < -0.3 is 10.4 Å². The summed E-state index contributed by atoms with van der Waals surface area (Å²) in [5, 5.41) is 15.8. The Kier molecular flexibility index (Phi) is 5.79. The van der Waals surface area contributed by atoms with Crippen LogP contribution in [0.3, 0.4) is 0 Å². The highest BCUT2D eigenvalue weighted by molar-refractivity contribution is 6.30. The number of nitrogens with one attached hydrogen (secondary N) is 1. The lowest BCUT2D eigenvalue weighted by Gasteiger charge is -2.17. The van der Waals surface area contributed by atoms with Crippen LogP contribution in [0, 0.1) is 5.82 Å². The van der Waals surface area contributed by atoms with Crippen molar-refractivity contribution in [2.24, 2.45) is 7.05 Å². The van der Waals surface area contributed by atoms with Crippen LogP contribution in [-0.4, -0.2) is 26.8 Å². The Labute approximate surface area is 149 Å². The third-order valence-corrected chi connectivity index (χ3v) is 4.08. The van der Waals surface area contributed by atoms with Gasteiger partial charge in [0.2, 0.25) is 0 Å². The molecule has 6 nitrogen and oxygen atoms in total. The molecule has 0 fully saturated rings. The third kappa shape index (κ3) is 4.57. The molecule has 1 heterocycles. The van der Waals surface area contributed by atoms with Gasteiger partial charge in [0, 0.05) is 12.7 Å². The average molecular weight is 368 g/mol. The fourth-order valence-electron chi connectivity index (χ4n) is 2.52. The summed E-state index contributed by atoms with van der Waals surface area (Å²) in [7, 11) is 1.73. The fraction of sp³-hybridized carbons (Fsp3) is 0.353. The molecule has 1 aromatic heterocycles. The quantitative estimate of drug-likeness (QED) is 0.820. The monoisotopic (exact) mass is 367 g/mol. The molecule has 2 rings (SSSR count). The van der Waals surface area contributed by atoms with Gasteiger partial charge in [-0.25, -0.2) is 4.39 Å². The van der Waals surface area contributed by atoms with Crippen molar-refractivity contribution in [1.29, 1.82) is 0 Å². The number of amides is 1. The van der Waals surface area contributed by atoms with Gasteiger partial charge >= 0.3 is 5.97 Å². The summed E-state index contributed by atoms with van der Waals surface area (Å²) < 4.78 is 15.3. The van der Waals surface area contributed by atoms with Gasteiger partial charge in [-0.3, -0.25) is 14.3 Å². The molecule has 25 heavy (non-hydrogen) atoms. The first-order chi connectivity index (χ1) is 11.7. The standard InChI is InChI=1S/C17H19ClFN3O3/c1-9(2)15-7-14(21-22(15)3)17(25)20-13(8-16(23)24)10-4-5-11(18)12(19)6-10/h4-7,9,13H,8H2,1-3H3,(H,20,25)(H,23,24). The Hall–Kier alpha value is -2.41. The molecule has 1 unspecified atom stereocenters. The minimum atomic E-state index is -1.12. The summed E-state index contributed by atoms with van der Waals surface area (Å²) in [6.07, 6.45) is -0.392. The Bertz CT molecular complexity index is 804. The number of halogens is 2. The second-order valence-electron chi connectivity index (χ2n) is 6.03. The van der Waals surface area contributed by atoms with E-state index in [1.54, 1.807) is 17.8 Å². The number of aromatic nitrogens is 2. The third-order valence-electron chi connectivity index (χ3n) is 3.77. The molecule has 0 aliphatic carbocycles. The maximum absolute atomic E-state index is 13.7. The van der Waals surface area contributed by atoms with Gasteiger partial charge in [0.25, 0.3) is 5.91 Å². The van der Waals surface area contributed by atoms with Crippen molar-refractivity contribution >= 4 is 23.5 Å². The van der Waals surface area contributed by atoms with Crippen molar-refractivity contribution in [3.8, 4) is 0 Å². The van der Waals surface area contributed by atoms with E-state index in [4.69, 9.17) is 16.7 Å². The first-order valence-corrected chi connectivity index (χ1v) is 8.08. The SMILES string of the molecule is CC(C)c1cc(C(=O)NC(CC(=O)O)c2ccc(Cl)c(F)c2)nn1C. The van der Waals surface area contributed by atoms with Crippen molar-refractivity contribution in [3.05, 3.63) is 52.1 Å². The second-order valence-corrected chi connectivity index (χ2v) is 6.44. The minimum absolute atomic E-state index is 0.0737. The number of aryl methyl sites for hydroxylation is 1. The Morgan fingerprint density at radius 3 is 2.56 bits per heavy atom. The molecule has 2 aromatic rings. The molecule has 1 atom stereocenters. The number of nitrogens with zero attached hydrogens (tertiary/aromatic N) is 2. The molecule has 0 saturated heterocycles. The molecule has 0 aliphatic heterocycles. The van der Waals surface area contributed by atoms with Crippen molar-refractivity contribution in [1.82, 2.24) is 15.1 Å². The van der Waals surface area contributed by atoms with Crippen molar-refractivity contribution in [3.63, 3.8) is 0 Å². The number of carbonyl (C=O) groups excluding carboxylic acids is 1. The highest BCUT2D eigenvalue weighted by atomic mass is 35.5. The molecule has 2 N–H and O–H groups in total. The summed E-state index contributed by atoms with van der Waals surface area (Å²) in [6, 6.07) is 4.68. The van der Waals surface area contributed by atoms with Crippen LogP contribution in [-0.2, 0) is 11.8 Å². The molecule has 0 aliphatic rings. The van der Waals surface area contributed by atoms with E-state index in [0.29, 0.717) is 5.56 Å². The van der Waals surface area contributed by atoms with E-state index >= 15 is 0 Å². The van der Waals surface area contributed by atoms with E-state index in [1.165, 1.54) is 12.1 Å². The second kappa shape index (κ2) is 7.65. The Morgan fingerprint density at radius 2 is 2.04 bits per heavy atom. The van der Waals surface area contributed by atoms with Gasteiger partial charge in [0.15, 0.2) is 0 Å². The number of hydrogen-bond donors (Lipinski definition) is 2. The lowest BCUT2D eigenvalue weighted by atomic mass is 10.0. The van der Waals surface area contributed by atoms with E-state index in [1.807, 2.05) is 13.8 Å². The zero-order valence-corrected chi connectivity index (χ0v) is 14.8. The number of carboxylic acid groups (broad SMARTS) is 1. The highest BCUT2D eigenvalue weighted by Crippen LogP contribution is 2.23. The zero-order valence-electron chi connectivity index (χ0n) is 14.1. The molecule has 0 saturated carbocycles. The number of carboxylic acids is 1. The van der Waals surface area contributed by atoms with E-state index in [-0.39, 0.29) is 16.6 Å². The summed E-state index contributed by atoms with van der Waals surface area (Å²) in [5.41, 5.74) is 1.37. The molecule has 0 spiro atoms. The summed E-state index contributed by atoms with van der Waals surface area (Å²) in [5.74, 6) is -2.14. The number of aliphatic carboxylic acids is 1. The molecule has 8 heteroatoms. The van der Waals surface area contributed by atoms with Crippen LogP contribution < -0.4 is 5.32 Å². The van der Waals surface area contributed by atoms with Crippen molar-refractivity contribution < 1.29 is 19.1 Å². The Morgan fingerprint density at radius 1 is 1.36 bits per heavy atom. The molecule has 0 radical (unpaired) electrons. The molecular formula is C17H19ClFN3O3. The number of carbonyl (C=O) groups is 2. The topological polar surface area (TPSA) is 84.2 Å². The van der Waals surface area contributed by atoms with Crippen molar-refractivity contribution in [2.45, 2.75) is 32.2 Å². The lowest BCUT2D eigenvalue weighted by molar-refractivity contribution is -0.137. The average Bonchev–Trinajstić information content (AvgIpc) is 2.91. The van der Waals surface area contributed by atoms with Crippen molar-refractivity contribution in [2.75, 3.05) is 0 Å². The first-order valence-electron chi connectivity index (χ1n) is 7.70. The molecule has 1 amide bonds. The number of benzene rings is 1. The molecule has 134 valence electrons. The normalized spacial score (nSPS) is 12.2. The Balaban J connectivity index is 2.27. The van der Waals surface area contributed by atoms with Crippen LogP contribution in [0.15, 0.2) is 24.3 Å². The first kappa shape index (κ1) is 18.9. The van der Waals surface area contributed by atoms with E-state index in [2.05, 4.69) is 10.4 Å². The van der Waals surface area contributed by atoms with Crippen LogP contribution in [0.5, 0.6) is 0 Å². The van der Waals surface area contributed by atoms with Crippen LogP contribution >= 0.6 is 11.6 Å². The van der Waals surface area contributed by atoms with E-state index < -0.39 is 30.2 Å². The van der Waals surface area contributed by atoms with Gasteiger partial charge in [-0.15, -0.1) is 0 Å². The van der Waals surface area contributed by atoms with Gasteiger partial charge in [-0.2, -0.15) is 5.10 Å². The highest BCUT2D eigenvalue weighted by Gasteiger charge is 2.22. The predicted octanol–water partition coefficient (Wildman–Crippen LogP) is 3.28. The summed E-state index contributed by atoms with van der Waals surface area (Å²) >= 11 is 5.65. The molecule has 1 aromatic carbocycles. The summed E-state index contributed by atoms with van der Waals surface area (Å²) in [4.78, 5) is 23.6. The maximum atomic E-state index is 13.7. The largest absolute Gasteiger partial charge is 0.481 e. The lowest BCUT2D eigenvalue weighted by Crippen LogP contribution is -2.30. The van der Waals surface area contributed by atoms with Crippen LogP contribution in [0.1, 0.15) is 54.0 Å². The van der Waals surface area contributed by atoms with Gasteiger partial charge in [-0.1, -0.05) is 31.5 Å². The predicted molar refractivity (Wildman–Crippen MR) is 91.2 cm³/mol.